The third-order valence-electron chi connectivity index (χ3n) is 7.29. The van der Waals surface area contributed by atoms with E-state index in [9.17, 15) is 4.79 Å². The lowest BCUT2D eigenvalue weighted by atomic mass is 10.0. The van der Waals surface area contributed by atoms with Crippen molar-refractivity contribution >= 4 is 20.8 Å². The third-order valence-corrected chi connectivity index (χ3v) is 10.4. The summed E-state index contributed by atoms with van der Waals surface area (Å²) in [6.45, 7) is 11.0. The molecule has 0 unspecified atom stereocenters. The molecule has 8 heteroatoms. The van der Waals surface area contributed by atoms with E-state index in [-0.39, 0.29) is 5.97 Å². The van der Waals surface area contributed by atoms with Gasteiger partial charge in [-0.1, -0.05) is 82.2 Å². The number of ether oxygens (including phenoxy) is 3. The highest BCUT2D eigenvalue weighted by Gasteiger charge is 2.39. The molecule has 2 rings (SSSR count). The van der Waals surface area contributed by atoms with Gasteiger partial charge in [0.25, 0.3) is 0 Å². The van der Waals surface area contributed by atoms with E-state index < -0.39 is 8.80 Å². The van der Waals surface area contributed by atoms with E-state index in [2.05, 4.69) is 6.92 Å². The minimum absolute atomic E-state index is 0.327. The quantitative estimate of drug-likeness (QED) is 0.0470. The average molecular weight is 629 g/mol. The van der Waals surface area contributed by atoms with Crippen LogP contribution in [0.15, 0.2) is 48.5 Å². The topological polar surface area (TPSA) is 72.5 Å². The summed E-state index contributed by atoms with van der Waals surface area (Å²) < 4.78 is 34.7. The van der Waals surface area contributed by atoms with Gasteiger partial charge in [0.05, 0.1) is 20.3 Å². The fourth-order valence-electron chi connectivity index (χ4n) is 5.00. The second-order valence-electron chi connectivity index (χ2n) is 10.8. The van der Waals surface area contributed by atoms with Gasteiger partial charge in [-0.15, -0.1) is 0 Å². The molecular weight excluding hydrogens is 572 g/mol. The number of methoxy groups -OCH3 is 1. The Morgan fingerprint density at radius 1 is 0.682 bits per heavy atom. The molecule has 246 valence electrons. The number of carbonyl (C=O) groups excluding carboxylic acids is 1. The van der Waals surface area contributed by atoms with E-state index >= 15 is 0 Å². The van der Waals surface area contributed by atoms with Crippen molar-refractivity contribution in [2.75, 3.05) is 40.1 Å². The Kier molecular flexibility index (Phi) is 19.4. The number of unbranched alkanes of at least 4 members (excludes halogenated alkanes) is 8. The molecule has 0 N–H and O–H groups in total. The zero-order valence-electron chi connectivity index (χ0n) is 27.9. The standard InChI is InChI=1S/C36H56O7Si/c1-6-10-11-12-13-16-27-39-35-30-33(24-25-34(35)38-5)32-22-19-31(20-23-32)21-26-36(37)40-28-17-14-15-18-29-44(41-7-2,42-8-3)43-9-4/h19-26,30H,6-18,27-29H2,1-5H3/b26-21+. The van der Waals surface area contributed by atoms with Gasteiger partial charge < -0.3 is 27.5 Å². The van der Waals surface area contributed by atoms with Gasteiger partial charge in [0.15, 0.2) is 11.5 Å². The Morgan fingerprint density at radius 2 is 1.27 bits per heavy atom. The highest BCUT2D eigenvalue weighted by atomic mass is 28.4. The number of carbonyl (C=O) groups is 1. The second kappa shape index (κ2) is 22.8. The molecule has 0 aromatic heterocycles. The molecule has 0 saturated carbocycles. The highest BCUT2D eigenvalue weighted by Crippen LogP contribution is 2.33. The Hall–Kier alpha value is -2.65. The van der Waals surface area contributed by atoms with Gasteiger partial charge in [-0.2, -0.15) is 0 Å². The SMILES string of the molecule is CCCCCCCCOc1cc(-c2ccc(/C=C/C(=O)OCCCCCC[Si](OCC)(OCC)OCC)cc2)ccc1OC. The third kappa shape index (κ3) is 14.4. The maximum absolute atomic E-state index is 12.2. The molecule has 0 amide bonds. The van der Waals surface area contributed by atoms with E-state index in [0.29, 0.717) is 33.0 Å². The normalized spacial score (nSPS) is 11.7. The molecule has 0 aliphatic rings. The average Bonchev–Trinajstić information content (AvgIpc) is 3.03. The summed E-state index contributed by atoms with van der Waals surface area (Å²) in [5.41, 5.74) is 3.06. The Labute approximate surface area is 267 Å². The number of rotatable bonds is 25. The molecule has 0 radical (unpaired) electrons. The van der Waals surface area contributed by atoms with Gasteiger partial charge in [-0.3, -0.25) is 0 Å². The van der Waals surface area contributed by atoms with Crippen LogP contribution in [-0.4, -0.2) is 54.9 Å². The number of hydrogen-bond acceptors (Lipinski definition) is 7. The molecule has 0 aliphatic carbocycles. The largest absolute Gasteiger partial charge is 0.500 e. The van der Waals surface area contributed by atoms with Crippen molar-refractivity contribution in [1.82, 2.24) is 0 Å². The second-order valence-corrected chi connectivity index (χ2v) is 13.5. The lowest BCUT2D eigenvalue weighted by molar-refractivity contribution is -0.137. The zero-order chi connectivity index (χ0) is 31.9. The van der Waals surface area contributed by atoms with Crippen LogP contribution in [0, 0.1) is 0 Å². The molecule has 0 atom stereocenters. The van der Waals surface area contributed by atoms with Crippen molar-refractivity contribution in [3.8, 4) is 22.6 Å². The predicted molar refractivity (Wildman–Crippen MR) is 181 cm³/mol. The summed E-state index contributed by atoms with van der Waals surface area (Å²) in [4.78, 5) is 12.2. The van der Waals surface area contributed by atoms with Crippen LogP contribution in [0.2, 0.25) is 6.04 Å². The molecule has 0 saturated heterocycles. The van der Waals surface area contributed by atoms with Gasteiger partial charge >= 0.3 is 14.8 Å². The van der Waals surface area contributed by atoms with Gasteiger partial charge in [-0.05, 0) is 74.9 Å². The number of esters is 1. The van der Waals surface area contributed by atoms with E-state index in [1.165, 1.54) is 38.2 Å². The van der Waals surface area contributed by atoms with Crippen LogP contribution in [-0.2, 0) is 22.8 Å². The molecule has 2 aromatic carbocycles. The number of hydrogen-bond donors (Lipinski definition) is 0. The van der Waals surface area contributed by atoms with Crippen molar-refractivity contribution in [2.45, 2.75) is 97.9 Å². The number of benzene rings is 2. The maximum Gasteiger partial charge on any atom is 0.500 e. The Morgan fingerprint density at radius 3 is 1.91 bits per heavy atom. The first-order valence-corrected chi connectivity index (χ1v) is 18.6. The lowest BCUT2D eigenvalue weighted by Gasteiger charge is -2.28. The monoisotopic (exact) mass is 628 g/mol. The minimum Gasteiger partial charge on any atom is -0.493 e. The van der Waals surface area contributed by atoms with Crippen molar-refractivity contribution < 1.29 is 32.3 Å². The van der Waals surface area contributed by atoms with E-state index in [4.69, 9.17) is 27.5 Å². The van der Waals surface area contributed by atoms with Crippen LogP contribution in [0.25, 0.3) is 17.2 Å². The van der Waals surface area contributed by atoms with Gasteiger partial charge in [0.1, 0.15) is 0 Å². The summed E-state index contributed by atoms with van der Waals surface area (Å²) in [7, 11) is -0.903. The Balaban J connectivity index is 1.75. The molecule has 0 bridgehead atoms. The van der Waals surface area contributed by atoms with Crippen molar-refractivity contribution in [3.05, 3.63) is 54.1 Å². The summed E-state index contributed by atoms with van der Waals surface area (Å²) in [6.07, 6.45) is 14.4. The predicted octanol–water partition coefficient (Wildman–Crippen LogP) is 9.27. The van der Waals surface area contributed by atoms with Crippen LogP contribution in [0.5, 0.6) is 11.5 Å². The van der Waals surface area contributed by atoms with Crippen LogP contribution in [0.3, 0.4) is 0 Å². The lowest BCUT2D eigenvalue weighted by Crippen LogP contribution is -2.45. The first-order chi connectivity index (χ1) is 21.5. The first-order valence-electron chi connectivity index (χ1n) is 16.7. The van der Waals surface area contributed by atoms with Crippen LogP contribution in [0.4, 0.5) is 0 Å². The first kappa shape index (κ1) is 37.5. The van der Waals surface area contributed by atoms with E-state index in [1.54, 1.807) is 13.2 Å². The van der Waals surface area contributed by atoms with Crippen molar-refractivity contribution in [1.29, 1.82) is 0 Å². The van der Waals surface area contributed by atoms with Crippen LogP contribution < -0.4 is 9.47 Å². The van der Waals surface area contributed by atoms with Gasteiger partial charge in [-0.25, -0.2) is 4.79 Å². The fourth-order valence-corrected chi connectivity index (χ4v) is 7.69. The highest BCUT2D eigenvalue weighted by molar-refractivity contribution is 6.60. The fraction of sp³-hybridized carbons (Fsp3) is 0.583. The summed E-state index contributed by atoms with van der Waals surface area (Å²) in [6, 6.07) is 14.9. The molecule has 0 spiro atoms. The van der Waals surface area contributed by atoms with Gasteiger partial charge in [0.2, 0.25) is 0 Å². The zero-order valence-corrected chi connectivity index (χ0v) is 28.9. The molecule has 0 heterocycles. The molecule has 0 aliphatic heterocycles. The van der Waals surface area contributed by atoms with E-state index in [0.717, 1.165) is 66.3 Å². The van der Waals surface area contributed by atoms with Gasteiger partial charge in [0, 0.05) is 31.9 Å². The van der Waals surface area contributed by atoms with Crippen LogP contribution >= 0.6 is 0 Å². The molecule has 7 nitrogen and oxygen atoms in total. The summed E-state index contributed by atoms with van der Waals surface area (Å²) in [5, 5.41) is 0. The molecular formula is C36H56O7Si. The molecule has 44 heavy (non-hydrogen) atoms. The summed E-state index contributed by atoms with van der Waals surface area (Å²) >= 11 is 0. The summed E-state index contributed by atoms with van der Waals surface area (Å²) in [5.74, 6) is 1.18. The van der Waals surface area contributed by atoms with Crippen molar-refractivity contribution in [2.24, 2.45) is 0 Å². The van der Waals surface area contributed by atoms with E-state index in [1.807, 2.05) is 63.2 Å². The Bertz CT molecular complexity index is 1050. The van der Waals surface area contributed by atoms with Crippen molar-refractivity contribution in [3.63, 3.8) is 0 Å². The van der Waals surface area contributed by atoms with Crippen LogP contribution in [0.1, 0.15) is 97.5 Å². The maximum atomic E-state index is 12.2. The molecule has 2 aromatic rings. The smallest absolute Gasteiger partial charge is 0.493 e. The molecule has 0 fully saturated rings. The minimum atomic E-state index is -2.57.